The maximum Gasteiger partial charge on any atom is 0.242 e. The Labute approximate surface area is 162 Å². The number of benzene rings is 1. The molecule has 1 aliphatic rings. The molecule has 0 heterocycles. The summed E-state index contributed by atoms with van der Waals surface area (Å²) in [4.78, 5) is 12.2. The zero-order valence-electron chi connectivity index (χ0n) is 15.5. The number of hydrogen-bond acceptors (Lipinski definition) is 4. The van der Waals surface area contributed by atoms with E-state index >= 15 is 0 Å². The quantitative estimate of drug-likeness (QED) is 0.614. The first-order valence-corrected chi connectivity index (χ1v) is 11.9. The molecule has 0 aromatic heterocycles. The van der Waals surface area contributed by atoms with E-state index in [1.165, 1.54) is 36.4 Å². The Morgan fingerprint density at radius 2 is 1.88 bits per heavy atom. The van der Waals surface area contributed by atoms with E-state index in [0.29, 0.717) is 25.9 Å². The highest BCUT2D eigenvalue weighted by atomic mass is 32.2. The number of sulfonamides is 1. The lowest BCUT2D eigenvalue weighted by molar-refractivity contribution is -0.121. The molecular formula is C19H30N2O3S2. The summed E-state index contributed by atoms with van der Waals surface area (Å²) in [5.41, 5.74) is 0. The molecule has 1 aromatic carbocycles. The van der Waals surface area contributed by atoms with Gasteiger partial charge in [-0.25, -0.2) is 12.7 Å². The van der Waals surface area contributed by atoms with E-state index in [9.17, 15) is 13.2 Å². The van der Waals surface area contributed by atoms with Gasteiger partial charge in [0.25, 0.3) is 0 Å². The molecule has 1 amide bonds. The first-order chi connectivity index (χ1) is 12.5. The summed E-state index contributed by atoms with van der Waals surface area (Å²) in [6.45, 7) is 1.03. The summed E-state index contributed by atoms with van der Waals surface area (Å²) in [7, 11) is -1.92. The maximum atomic E-state index is 12.4. The second-order valence-corrected chi connectivity index (χ2v) is 10.2. The van der Waals surface area contributed by atoms with Crippen LogP contribution >= 0.6 is 11.8 Å². The van der Waals surface area contributed by atoms with Crippen LogP contribution in [0.15, 0.2) is 35.2 Å². The smallest absolute Gasteiger partial charge is 0.242 e. The molecular weight excluding hydrogens is 368 g/mol. The van der Waals surface area contributed by atoms with Gasteiger partial charge >= 0.3 is 0 Å². The second-order valence-electron chi connectivity index (χ2n) is 6.72. The summed E-state index contributed by atoms with van der Waals surface area (Å²) in [5, 5.41) is 3.70. The number of nitrogens with zero attached hydrogens (tertiary/aromatic N) is 1. The maximum absolute atomic E-state index is 12.4. The Kier molecular flexibility index (Phi) is 8.95. The average Bonchev–Trinajstić information content (AvgIpc) is 2.66. The second kappa shape index (κ2) is 10.9. The van der Waals surface area contributed by atoms with Gasteiger partial charge in [-0.3, -0.25) is 4.79 Å². The van der Waals surface area contributed by atoms with Crippen molar-refractivity contribution in [3.63, 3.8) is 0 Å². The molecule has 2 rings (SSSR count). The van der Waals surface area contributed by atoms with Crippen LogP contribution in [0.2, 0.25) is 0 Å². The van der Waals surface area contributed by atoms with E-state index in [2.05, 4.69) is 5.32 Å². The number of thioether (sulfide) groups is 1. The van der Waals surface area contributed by atoms with Gasteiger partial charge in [-0.1, -0.05) is 37.5 Å². The minimum Gasteiger partial charge on any atom is -0.355 e. The lowest BCUT2D eigenvalue weighted by Gasteiger charge is -2.20. The van der Waals surface area contributed by atoms with Gasteiger partial charge in [0.1, 0.15) is 0 Å². The van der Waals surface area contributed by atoms with E-state index < -0.39 is 10.0 Å². The Morgan fingerprint density at radius 3 is 2.58 bits per heavy atom. The number of amides is 1. The summed E-state index contributed by atoms with van der Waals surface area (Å²) >= 11 is 1.97. The van der Waals surface area contributed by atoms with Crippen LogP contribution in [0.5, 0.6) is 0 Å². The van der Waals surface area contributed by atoms with Gasteiger partial charge < -0.3 is 5.32 Å². The molecule has 7 heteroatoms. The number of nitrogens with one attached hydrogen (secondary N) is 1. The summed E-state index contributed by atoms with van der Waals surface area (Å²) in [6.07, 6.45) is 7.52. The first-order valence-electron chi connectivity index (χ1n) is 9.40. The number of carbonyl (C=O) groups is 1. The molecule has 5 nitrogen and oxygen atoms in total. The lowest BCUT2D eigenvalue weighted by atomic mass is 10.0. The van der Waals surface area contributed by atoms with Crippen LogP contribution in [-0.2, 0) is 14.8 Å². The standard InChI is InChI=1S/C19H30N2O3S2/c1-21(26(23,24)18-11-6-3-7-12-18)15-8-13-19(22)20-14-16-25-17-9-4-2-5-10-17/h3,6-7,11-12,17H,2,4-5,8-10,13-16H2,1H3,(H,20,22). The van der Waals surface area contributed by atoms with Crippen molar-refractivity contribution in [3.8, 4) is 0 Å². The van der Waals surface area contributed by atoms with Gasteiger partial charge in [0.05, 0.1) is 4.90 Å². The van der Waals surface area contributed by atoms with Crippen molar-refractivity contribution >= 4 is 27.7 Å². The molecule has 146 valence electrons. The van der Waals surface area contributed by atoms with Crippen LogP contribution < -0.4 is 5.32 Å². The largest absolute Gasteiger partial charge is 0.355 e. The SMILES string of the molecule is CN(CCCC(=O)NCCSC1CCCCC1)S(=O)(=O)c1ccccc1. The monoisotopic (exact) mass is 398 g/mol. The van der Waals surface area contributed by atoms with Crippen molar-refractivity contribution in [1.82, 2.24) is 9.62 Å². The molecule has 1 saturated carbocycles. The molecule has 0 atom stereocenters. The molecule has 0 aliphatic heterocycles. The van der Waals surface area contributed by atoms with Crippen molar-refractivity contribution in [2.24, 2.45) is 0 Å². The van der Waals surface area contributed by atoms with Crippen LogP contribution in [0.4, 0.5) is 0 Å². The Morgan fingerprint density at radius 1 is 1.19 bits per heavy atom. The third-order valence-electron chi connectivity index (χ3n) is 4.66. The van der Waals surface area contributed by atoms with Crippen LogP contribution in [-0.4, -0.2) is 49.8 Å². The van der Waals surface area contributed by atoms with Gasteiger partial charge in [0, 0.05) is 37.6 Å². The Bertz CT molecular complexity index is 644. The third kappa shape index (κ3) is 6.93. The molecule has 0 saturated heterocycles. The molecule has 1 aromatic rings. The lowest BCUT2D eigenvalue weighted by Crippen LogP contribution is -2.30. The summed E-state index contributed by atoms with van der Waals surface area (Å²) < 4.78 is 26.1. The minimum absolute atomic E-state index is 0.000228. The zero-order valence-corrected chi connectivity index (χ0v) is 17.2. The molecule has 26 heavy (non-hydrogen) atoms. The molecule has 0 spiro atoms. The fourth-order valence-electron chi connectivity index (χ4n) is 3.09. The third-order valence-corrected chi connectivity index (χ3v) is 7.91. The Balaban J connectivity index is 1.60. The van der Waals surface area contributed by atoms with Crippen LogP contribution in [0.3, 0.4) is 0 Å². The highest BCUT2D eigenvalue weighted by molar-refractivity contribution is 7.99. The topological polar surface area (TPSA) is 66.5 Å². The van der Waals surface area contributed by atoms with E-state index in [1.54, 1.807) is 37.4 Å². The van der Waals surface area contributed by atoms with Gasteiger partial charge in [0.2, 0.25) is 15.9 Å². The first kappa shape index (κ1) is 21.3. The predicted octanol–water partition coefficient (Wildman–Crippen LogP) is 3.27. The zero-order chi connectivity index (χ0) is 18.8. The Hall–Kier alpha value is -1.05. The molecule has 1 fully saturated rings. The molecule has 0 radical (unpaired) electrons. The van der Waals surface area contributed by atoms with Gasteiger partial charge in [0.15, 0.2) is 0 Å². The van der Waals surface area contributed by atoms with Gasteiger partial charge in [-0.05, 0) is 31.4 Å². The van der Waals surface area contributed by atoms with Gasteiger partial charge in [-0.15, -0.1) is 0 Å². The van der Waals surface area contributed by atoms with E-state index in [1.807, 2.05) is 11.8 Å². The van der Waals surface area contributed by atoms with E-state index in [-0.39, 0.29) is 10.8 Å². The fraction of sp³-hybridized carbons (Fsp3) is 0.632. The van der Waals surface area contributed by atoms with Crippen LogP contribution in [0.25, 0.3) is 0 Å². The van der Waals surface area contributed by atoms with Crippen molar-refractivity contribution < 1.29 is 13.2 Å². The fourth-order valence-corrected chi connectivity index (χ4v) is 5.54. The number of carbonyl (C=O) groups excluding carboxylic acids is 1. The van der Waals surface area contributed by atoms with E-state index in [0.717, 1.165) is 11.0 Å². The highest BCUT2D eigenvalue weighted by Gasteiger charge is 2.20. The molecule has 0 bridgehead atoms. The summed E-state index contributed by atoms with van der Waals surface area (Å²) in [5.74, 6) is 0.957. The summed E-state index contributed by atoms with van der Waals surface area (Å²) in [6, 6.07) is 8.37. The highest BCUT2D eigenvalue weighted by Crippen LogP contribution is 2.27. The van der Waals surface area contributed by atoms with Gasteiger partial charge in [-0.2, -0.15) is 11.8 Å². The minimum atomic E-state index is -3.47. The predicted molar refractivity (Wildman–Crippen MR) is 108 cm³/mol. The molecule has 0 unspecified atom stereocenters. The molecule has 1 aliphatic carbocycles. The normalized spacial score (nSPS) is 15.9. The van der Waals surface area contributed by atoms with Crippen molar-refractivity contribution in [3.05, 3.63) is 30.3 Å². The van der Waals surface area contributed by atoms with Crippen molar-refractivity contribution in [1.29, 1.82) is 0 Å². The number of rotatable bonds is 10. The van der Waals surface area contributed by atoms with Crippen molar-refractivity contribution in [2.75, 3.05) is 25.9 Å². The van der Waals surface area contributed by atoms with Crippen LogP contribution in [0.1, 0.15) is 44.9 Å². The van der Waals surface area contributed by atoms with E-state index in [4.69, 9.17) is 0 Å². The molecule has 1 N–H and O–H groups in total. The van der Waals surface area contributed by atoms with Crippen molar-refractivity contribution in [2.45, 2.75) is 55.1 Å². The number of hydrogen-bond donors (Lipinski definition) is 1. The van der Waals surface area contributed by atoms with Crippen LogP contribution in [0, 0.1) is 0 Å². The average molecular weight is 399 g/mol.